The van der Waals surface area contributed by atoms with Crippen LogP contribution in [0.2, 0.25) is 0 Å². The summed E-state index contributed by atoms with van der Waals surface area (Å²) >= 11 is 0. The van der Waals surface area contributed by atoms with Crippen molar-refractivity contribution in [2.24, 2.45) is 0 Å². The lowest BCUT2D eigenvalue weighted by Crippen LogP contribution is -2.22. The molecule has 0 aliphatic carbocycles. The molecule has 113 heavy (non-hydrogen) atoms. The summed E-state index contributed by atoms with van der Waals surface area (Å²) < 4.78 is 102. The first-order valence-corrected chi connectivity index (χ1v) is 41.6. The number of rotatable bonds is 42. The van der Waals surface area contributed by atoms with Crippen molar-refractivity contribution < 1.29 is 75.8 Å². The second kappa shape index (κ2) is 32.9. The minimum Gasteiger partial charge on any atom is -0.491 e. The molecule has 8 aromatic rings. The van der Waals surface area contributed by atoms with Gasteiger partial charge >= 0.3 is 0 Å². The maximum Gasteiger partial charge on any atom is 0.126 e. The summed E-state index contributed by atoms with van der Waals surface area (Å²) in [6.45, 7) is 38.4. The van der Waals surface area contributed by atoms with Crippen LogP contribution in [0.4, 0.5) is 0 Å². The highest BCUT2D eigenvalue weighted by Crippen LogP contribution is 2.48. The van der Waals surface area contributed by atoms with Crippen LogP contribution in [0.5, 0.6) is 46.0 Å². The topological polar surface area (TPSA) is 174 Å². The highest BCUT2D eigenvalue weighted by Gasteiger charge is 2.43. The van der Waals surface area contributed by atoms with Gasteiger partial charge in [0.25, 0.3) is 0 Å². The zero-order valence-electron chi connectivity index (χ0n) is 68.8. The molecule has 600 valence electrons. The van der Waals surface area contributed by atoms with E-state index >= 15 is 0 Å². The molecule has 16 rings (SSSR count). The van der Waals surface area contributed by atoms with Gasteiger partial charge in [-0.15, -0.1) is 0 Å². The van der Waals surface area contributed by atoms with Crippen LogP contribution >= 0.6 is 0 Å². The summed E-state index contributed by atoms with van der Waals surface area (Å²) in [7, 11) is 0. The van der Waals surface area contributed by atoms with Gasteiger partial charge in [-0.3, -0.25) is 0 Å². The standard InChI is InChI=1S/C97H116O16/c1-15-82-86(110-82)54-106-90-58(5)35-70(94(7,8)66-19-27-74(28-20-66)98-46-78-50-102-78)40-60(90)37-62-42-72(96(11,12)68-23-31-76(32-24-68)100-48-80-52-104-80)44-64(92(62)108-56-88-84(17-3)112-88)39-65-45-73(97(13,14)69-25-33-77(34-26-69)101-49-81-53-105-81)43-63(93(65)109-57-89-85(18-4)113-89)38-61-41-71(36-59(6)91(61)107-55-87-83(16-2)111-87)95(9,10)67-21-29-75(30-22-67)99-47-79-51-103-79/h19-36,40-45,78-89H,15-18,37-39,46-57H2,1-14H3. The van der Waals surface area contributed by atoms with Gasteiger partial charge < -0.3 is 75.8 Å². The quantitative estimate of drug-likeness (QED) is 0.0330. The average Bonchev–Trinajstić information content (AvgIpc) is 1.75. The molecule has 0 saturated carbocycles. The van der Waals surface area contributed by atoms with E-state index in [0.717, 1.165) is 176 Å². The Balaban J connectivity index is 0.871. The third kappa shape index (κ3) is 18.7. The van der Waals surface area contributed by atoms with E-state index in [1.165, 1.54) is 11.1 Å². The van der Waals surface area contributed by atoms with E-state index in [9.17, 15) is 0 Å². The van der Waals surface area contributed by atoms with Gasteiger partial charge in [-0.05, 0) is 177 Å². The van der Waals surface area contributed by atoms with Gasteiger partial charge in [-0.1, -0.05) is 180 Å². The molecule has 16 nitrogen and oxygen atoms in total. The zero-order chi connectivity index (χ0) is 78.5. The molecule has 8 saturated heterocycles. The highest BCUT2D eigenvalue weighted by atomic mass is 16.6. The van der Waals surface area contributed by atoms with E-state index in [2.05, 4.69) is 243 Å². The monoisotopic (exact) mass is 1540 g/mol. The molecule has 0 N–H and O–H groups in total. The van der Waals surface area contributed by atoms with E-state index in [0.29, 0.717) is 72.1 Å². The molecule has 0 amide bonds. The average molecular weight is 1540 g/mol. The zero-order valence-corrected chi connectivity index (χ0v) is 68.8. The molecule has 16 heteroatoms. The van der Waals surface area contributed by atoms with Crippen molar-refractivity contribution in [2.45, 2.75) is 237 Å². The lowest BCUT2D eigenvalue weighted by atomic mass is 9.74. The molecule has 8 heterocycles. The van der Waals surface area contributed by atoms with Crippen LogP contribution in [0.25, 0.3) is 0 Å². The first kappa shape index (κ1) is 78.7. The number of ether oxygens (including phenoxy) is 16. The Bertz CT molecular complexity index is 4330. The molecule has 0 aromatic heterocycles. The van der Waals surface area contributed by atoms with Crippen LogP contribution < -0.4 is 37.9 Å². The second-order valence-corrected chi connectivity index (χ2v) is 34.7. The van der Waals surface area contributed by atoms with Crippen LogP contribution in [0.15, 0.2) is 146 Å². The Hall–Kier alpha value is -8.16. The number of hydrogen-bond donors (Lipinski definition) is 0. The highest BCUT2D eigenvalue weighted by molar-refractivity contribution is 5.61. The van der Waals surface area contributed by atoms with Crippen LogP contribution in [-0.4, -0.2) is 153 Å². The molecule has 0 radical (unpaired) electrons. The third-order valence-corrected chi connectivity index (χ3v) is 24.8. The fourth-order valence-corrected chi connectivity index (χ4v) is 16.2. The number of epoxide rings is 8. The van der Waals surface area contributed by atoms with Gasteiger partial charge in [0.15, 0.2) is 0 Å². The molecule has 0 bridgehead atoms. The molecular weight excluding hydrogens is 1420 g/mol. The number of hydrogen-bond acceptors (Lipinski definition) is 16. The fraction of sp³-hybridized carbons (Fsp3) is 0.505. The molecule has 8 aliphatic heterocycles. The van der Waals surface area contributed by atoms with Crippen LogP contribution in [0.3, 0.4) is 0 Å². The molecule has 8 aliphatic rings. The Labute approximate surface area is 668 Å². The Morgan fingerprint density at radius 1 is 0.257 bits per heavy atom. The summed E-state index contributed by atoms with van der Waals surface area (Å²) in [6, 6.07) is 53.4. The molecule has 0 spiro atoms. The van der Waals surface area contributed by atoms with Crippen LogP contribution in [-0.2, 0) is 78.8 Å². The molecular formula is C97H116O16. The number of aryl methyl sites for hydroxylation is 2. The van der Waals surface area contributed by atoms with Crippen molar-refractivity contribution in [1.82, 2.24) is 0 Å². The van der Waals surface area contributed by atoms with Crippen molar-refractivity contribution in [1.29, 1.82) is 0 Å². The second-order valence-electron chi connectivity index (χ2n) is 34.7. The van der Waals surface area contributed by atoms with Gasteiger partial charge in [-0.25, -0.2) is 0 Å². The Morgan fingerprint density at radius 2 is 0.460 bits per heavy atom. The molecule has 12 atom stereocenters. The molecule has 8 fully saturated rings. The van der Waals surface area contributed by atoms with Gasteiger partial charge in [0.2, 0.25) is 0 Å². The van der Waals surface area contributed by atoms with E-state index in [-0.39, 0.29) is 73.2 Å². The first-order chi connectivity index (χ1) is 54.5. The minimum absolute atomic E-state index is 0.0118. The molecule has 8 aromatic carbocycles. The lowest BCUT2D eigenvalue weighted by molar-refractivity contribution is 0.253. The van der Waals surface area contributed by atoms with Crippen molar-refractivity contribution in [3.8, 4) is 46.0 Å². The van der Waals surface area contributed by atoms with Crippen molar-refractivity contribution >= 4 is 0 Å². The van der Waals surface area contributed by atoms with Gasteiger partial charge in [0.05, 0.1) is 50.8 Å². The van der Waals surface area contributed by atoms with Crippen molar-refractivity contribution in [3.05, 3.63) is 235 Å². The third-order valence-electron chi connectivity index (χ3n) is 24.8. The Kier molecular flexibility index (Phi) is 22.9. The van der Waals surface area contributed by atoms with Crippen molar-refractivity contribution in [3.63, 3.8) is 0 Å². The normalized spacial score (nSPS) is 23.8. The largest absolute Gasteiger partial charge is 0.491 e. The van der Waals surface area contributed by atoms with E-state index < -0.39 is 21.7 Å². The van der Waals surface area contributed by atoms with Crippen molar-refractivity contribution in [2.75, 3.05) is 79.3 Å². The van der Waals surface area contributed by atoms with Gasteiger partial charge in [-0.2, -0.15) is 0 Å². The first-order valence-electron chi connectivity index (χ1n) is 41.6. The predicted molar refractivity (Wildman–Crippen MR) is 437 cm³/mol. The molecule has 12 unspecified atom stereocenters. The van der Waals surface area contributed by atoms with Gasteiger partial charge in [0.1, 0.15) is 148 Å². The predicted octanol–water partition coefficient (Wildman–Crippen LogP) is 17.7. The summed E-state index contributed by atoms with van der Waals surface area (Å²) in [6.07, 6.45) is 5.98. The summed E-state index contributed by atoms with van der Waals surface area (Å²) in [5, 5.41) is 0. The van der Waals surface area contributed by atoms with E-state index in [4.69, 9.17) is 75.8 Å². The number of benzene rings is 8. The summed E-state index contributed by atoms with van der Waals surface area (Å²) in [4.78, 5) is 0. The van der Waals surface area contributed by atoms with Crippen LogP contribution in [0, 0.1) is 13.8 Å². The minimum atomic E-state index is -0.558. The van der Waals surface area contributed by atoms with E-state index in [1.807, 2.05) is 0 Å². The smallest absolute Gasteiger partial charge is 0.126 e. The van der Waals surface area contributed by atoms with Crippen LogP contribution in [0.1, 0.15) is 198 Å². The van der Waals surface area contributed by atoms with E-state index in [1.54, 1.807) is 0 Å². The summed E-state index contributed by atoms with van der Waals surface area (Å²) in [5.74, 6) is 6.59. The SMILES string of the molecule is CCC1OC1COc1c(C)cc(C(C)(C)c2ccc(OCC3CO3)cc2)cc1Cc1cc(C(C)(C)c2ccc(OCC3CO3)cc2)cc(Cc2cc(C(C)(C)c3ccc(OCC4CO4)cc3)cc(Cc3cc(C(C)(C)c4ccc(OCC5CO5)cc4)cc(C)c3OCC3OC3CC)c2OCC2OC2CC)c1OCC1OC1CC. The lowest BCUT2D eigenvalue weighted by Gasteiger charge is -2.31. The van der Waals surface area contributed by atoms with Gasteiger partial charge in [0, 0.05) is 40.9 Å². The maximum atomic E-state index is 7.61. The summed E-state index contributed by atoms with van der Waals surface area (Å²) in [5.41, 5.74) is 15.5. The maximum absolute atomic E-state index is 7.61. The fourth-order valence-electron chi connectivity index (χ4n) is 16.2. The Morgan fingerprint density at radius 3 is 0.664 bits per heavy atom.